The molecule has 0 radical (unpaired) electrons. The molecule has 0 aliphatic carbocycles. The van der Waals surface area contributed by atoms with Gasteiger partial charge in [0.2, 0.25) is 0 Å². The van der Waals surface area contributed by atoms with Gasteiger partial charge in [-0.3, -0.25) is 0 Å². The summed E-state index contributed by atoms with van der Waals surface area (Å²) < 4.78 is 3.32. The van der Waals surface area contributed by atoms with Gasteiger partial charge < -0.3 is 0 Å². The third-order valence-corrected chi connectivity index (χ3v) is 9.50. The molecule has 0 bridgehead atoms. The molecule has 0 aromatic rings. The summed E-state index contributed by atoms with van der Waals surface area (Å²) in [5, 5.41) is 11.2. The molecular formula is C16H38I2N4. The molecule has 0 fully saturated rings. The van der Waals surface area contributed by atoms with Gasteiger partial charge in [0.1, 0.15) is 0 Å². The zero-order chi connectivity index (χ0) is 17.7. The Kier molecular flexibility index (Phi) is 9.66. The fourth-order valence-electron chi connectivity index (χ4n) is 3.31. The predicted octanol–water partition coefficient (Wildman–Crippen LogP) is -0.111. The van der Waals surface area contributed by atoms with E-state index >= 15 is 0 Å². The van der Waals surface area contributed by atoms with Crippen LogP contribution < -0.4 is 37.2 Å². The molecule has 0 rings (SSSR count). The molecule has 0 aliphatic rings. The standard InChI is InChI=1S/C16H38I2N4/c1-10-11-20-15(4,5)22(9,14(2,3)19-8)16(6,7)21-13-18-12-17/h19-21H,10-13H2,1-9H3. The summed E-state index contributed by atoms with van der Waals surface area (Å²) in [5.74, 6) is 0. The molecule has 1 atom stereocenters. The van der Waals surface area contributed by atoms with E-state index in [1.54, 1.807) is 0 Å². The van der Waals surface area contributed by atoms with Crippen LogP contribution in [-0.4, -0.2) is 49.1 Å². The Morgan fingerprint density at radius 3 is 1.86 bits per heavy atom. The van der Waals surface area contributed by atoms with Crippen molar-refractivity contribution in [2.45, 2.75) is 71.9 Å². The van der Waals surface area contributed by atoms with Crippen LogP contribution >= 0.6 is 22.6 Å². The van der Waals surface area contributed by atoms with Crippen LogP contribution in [0.1, 0.15) is 54.9 Å². The molecule has 136 valence electrons. The average Bonchev–Trinajstić information content (AvgIpc) is 2.43. The SMILES string of the molecule is CCCNC(C)(C)[N+](C)(C(C)(C)NC)C(C)(C)NC[I-]CI. The summed E-state index contributed by atoms with van der Waals surface area (Å²) in [6.07, 6.45) is 1.15. The molecule has 0 aromatic heterocycles. The second kappa shape index (κ2) is 9.12. The number of nitrogens with zero attached hydrogens (tertiary/aromatic N) is 1. The van der Waals surface area contributed by atoms with E-state index in [9.17, 15) is 0 Å². The number of nitrogens with one attached hydrogen (secondary N) is 3. The van der Waals surface area contributed by atoms with Gasteiger partial charge in [-0.05, 0) is 0 Å². The minimum absolute atomic E-state index is 0.0394. The van der Waals surface area contributed by atoms with Crippen molar-refractivity contribution in [2.24, 2.45) is 0 Å². The molecule has 4 nitrogen and oxygen atoms in total. The quantitative estimate of drug-likeness (QED) is 0.0856. The van der Waals surface area contributed by atoms with Gasteiger partial charge in [0.05, 0.1) is 0 Å². The molecule has 0 spiro atoms. The third-order valence-electron chi connectivity index (χ3n) is 5.44. The van der Waals surface area contributed by atoms with Crippen LogP contribution in [0.3, 0.4) is 0 Å². The van der Waals surface area contributed by atoms with E-state index in [1.165, 1.54) is 2.43 Å². The summed E-state index contributed by atoms with van der Waals surface area (Å²) in [6, 6.07) is 0. The Labute approximate surface area is 162 Å². The van der Waals surface area contributed by atoms with Crippen molar-refractivity contribution < 1.29 is 25.7 Å². The number of hydrogen-bond acceptors (Lipinski definition) is 3. The maximum atomic E-state index is 3.86. The summed E-state index contributed by atoms with van der Waals surface area (Å²) in [5.41, 5.74) is -0.159. The Morgan fingerprint density at radius 1 is 0.955 bits per heavy atom. The molecular weight excluding hydrogens is 502 g/mol. The fourth-order valence-corrected chi connectivity index (χ4v) is 6.09. The molecule has 0 amide bonds. The zero-order valence-electron chi connectivity index (χ0n) is 16.0. The molecule has 6 heteroatoms. The van der Waals surface area contributed by atoms with Gasteiger partial charge >= 0.3 is 164 Å². The summed E-state index contributed by atoms with van der Waals surface area (Å²) >= 11 is 2.75. The molecule has 0 aromatic carbocycles. The maximum absolute atomic E-state index is 3.86. The summed E-state index contributed by atoms with van der Waals surface area (Å²) in [6.45, 7) is 17.2. The van der Waals surface area contributed by atoms with E-state index in [0.717, 1.165) is 22.0 Å². The summed E-state index contributed by atoms with van der Waals surface area (Å²) in [4.78, 5) is 0. The predicted molar refractivity (Wildman–Crippen MR) is 103 cm³/mol. The van der Waals surface area contributed by atoms with E-state index in [2.05, 4.69) is 101 Å². The second-order valence-corrected chi connectivity index (χ2v) is 13.7. The average molecular weight is 540 g/mol. The molecule has 0 saturated carbocycles. The zero-order valence-corrected chi connectivity index (χ0v) is 20.3. The van der Waals surface area contributed by atoms with Crippen molar-refractivity contribution >= 4 is 22.6 Å². The van der Waals surface area contributed by atoms with Gasteiger partial charge in [0.15, 0.2) is 0 Å². The Morgan fingerprint density at radius 2 is 1.45 bits per heavy atom. The Hall–Kier alpha value is 1.30. The van der Waals surface area contributed by atoms with Crippen molar-refractivity contribution in [1.29, 1.82) is 0 Å². The first kappa shape index (κ1) is 23.3. The van der Waals surface area contributed by atoms with Crippen LogP contribution in [0.25, 0.3) is 0 Å². The van der Waals surface area contributed by atoms with Gasteiger partial charge in [0, 0.05) is 0 Å². The van der Waals surface area contributed by atoms with Gasteiger partial charge in [0.25, 0.3) is 0 Å². The molecule has 0 aliphatic heterocycles. The fraction of sp³-hybridized carbons (Fsp3) is 1.00. The number of hydrogen-bond donors (Lipinski definition) is 3. The Balaban J connectivity index is 5.70. The third kappa shape index (κ3) is 4.91. The van der Waals surface area contributed by atoms with Crippen LogP contribution in [0, 0.1) is 0 Å². The van der Waals surface area contributed by atoms with Gasteiger partial charge in [-0.15, -0.1) is 0 Å². The van der Waals surface area contributed by atoms with Crippen LogP contribution in [0.2, 0.25) is 0 Å². The summed E-state index contributed by atoms with van der Waals surface area (Å²) in [7, 11) is 4.44. The van der Waals surface area contributed by atoms with E-state index in [1.807, 2.05) is 0 Å². The molecule has 1 unspecified atom stereocenters. The number of quaternary nitrogens is 1. The van der Waals surface area contributed by atoms with E-state index in [4.69, 9.17) is 0 Å². The first-order chi connectivity index (χ1) is 9.93. The van der Waals surface area contributed by atoms with Crippen molar-refractivity contribution in [3.63, 3.8) is 0 Å². The van der Waals surface area contributed by atoms with Crippen LogP contribution in [0.5, 0.6) is 0 Å². The number of halogens is 2. The number of alkyl halides is 3. The topological polar surface area (TPSA) is 36.1 Å². The van der Waals surface area contributed by atoms with E-state index in [-0.39, 0.29) is 38.2 Å². The monoisotopic (exact) mass is 540 g/mol. The van der Waals surface area contributed by atoms with Gasteiger partial charge in [-0.1, -0.05) is 0 Å². The molecule has 0 heterocycles. The number of rotatable bonds is 11. The van der Waals surface area contributed by atoms with Crippen LogP contribution in [0.15, 0.2) is 0 Å². The molecule has 22 heavy (non-hydrogen) atoms. The minimum atomic E-state index is -0.0661. The van der Waals surface area contributed by atoms with Gasteiger partial charge in [-0.25, -0.2) is 0 Å². The van der Waals surface area contributed by atoms with Crippen molar-refractivity contribution in [1.82, 2.24) is 16.0 Å². The molecule has 3 N–H and O–H groups in total. The molecule has 0 saturated heterocycles. The Bertz CT molecular complexity index is 332. The van der Waals surface area contributed by atoms with Gasteiger partial charge in [-0.2, -0.15) is 0 Å². The first-order valence-corrected chi connectivity index (χ1v) is 12.7. The van der Waals surface area contributed by atoms with E-state index in [0.29, 0.717) is 0 Å². The van der Waals surface area contributed by atoms with Crippen molar-refractivity contribution in [3.05, 3.63) is 0 Å². The van der Waals surface area contributed by atoms with Crippen molar-refractivity contribution in [2.75, 3.05) is 27.6 Å². The van der Waals surface area contributed by atoms with Crippen LogP contribution in [-0.2, 0) is 0 Å². The first-order valence-electron chi connectivity index (χ1n) is 8.08. The van der Waals surface area contributed by atoms with Crippen molar-refractivity contribution in [3.8, 4) is 0 Å². The van der Waals surface area contributed by atoms with E-state index < -0.39 is 0 Å². The normalized spacial score (nSPS) is 16.8. The second-order valence-electron chi connectivity index (χ2n) is 7.46. The van der Waals surface area contributed by atoms with Crippen LogP contribution in [0.4, 0.5) is 0 Å².